The second kappa shape index (κ2) is 5.97. The van der Waals surface area contributed by atoms with Crippen LogP contribution in [0.15, 0.2) is 29.6 Å². The molecule has 6 heteroatoms. The van der Waals surface area contributed by atoms with Crippen molar-refractivity contribution in [1.29, 1.82) is 0 Å². The summed E-state index contributed by atoms with van der Waals surface area (Å²) >= 11 is 3.21. The maximum Gasteiger partial charge on any atom is 0.0801 e. The molecule has 20 heavy (non-hydrogen) atoms. The van der Waals surface area contributed by atoms with Crippen LogP contribution in [-0.2, 0) is 12.8 Å². The third-order valence-corrected chi connectivity index (χ3v) is 5.32. The van der Waals surface area contributed by atoms with Gasteiger partial charge in [0.05, 0.1) is 16.6 Å². The van der Waals surface area contributed by atoms with Crippen LogP contribution in [0, 0.1) is 0 Å². The zero-order chi connectivity index (χ0) is 13.9. The number of aromatic nitrogens is 2. The highest BCUT2D eigenvalue weighted by atomic mass is 32.1. The van der Waals surface area contributed by atoms with Gasteiger partial charge in [-0.3, -0.25) is 11.3 Å². The topological polar surface area (TPSA) is 63.8 Å². The molecule has 1 unspecified atom stereocenters. The SMILES string of the molecule is CCc1nnsc1C(Cc1csc2ccccc12)NN. The molecule has 4 nitrogen and oxygen atoms in total. The van der Waals surface area contributed by atoms with E-state index in [-0.39, 0.29) is 6.04 Å². The highest BCUT2D eigenvalue weighted by molar-refractivity contribution is 7.17. The summed E-state index contributed by atoms with van der Waals surface area (Å²) < 4.78 is 5.37. The Kier molecular flexibility index (Phi) is 4.07. The molecule has 104 valence electrons. The van der Waals surface area contributed by atoms with Gasteiger partial charge in [0.25, 0.3) is 0 Å². The molecule has 0 aliphatic rings. The van der Waals surface area contributed by atoms with Crippen LogP contribution in [0.1, 0.15) is 29.1 Å². The molecule has 0 aliphatic heterocycles. The first kappa shape index (κ1) is 13.6. The van der Waals surface area contributed by atoms with Crippen molar-refractivity contribution < 1.29 is 0 Å². The summed E-state index contributed by atoms with van der Waals surface area (Å²) in [7, 11) is 0. The number of aryl methyl sites for hydroxylation is 1. The second-order valence-corrected chi connectivity index (χ2v) is 6.31. The van der Waals surface area contributed by atoms with Crippen molar-refractivity contribution >= 4 is 33.0 Å². The summed E-state index contributed by atoms with van der Waals surface area (Å²) in [6, 6.07) is 8.54. The number of nitrogens with two attached hydrogens (primary N) is 1. The highest BCUT2D eigenvalue weighted by Crippen LogP contribution is 2.31. The molecule has 1 atom stereocenters. The van der Waals surface area contributed by atoms with Gasteiger partial charge in [-0.15, -0.1) is 16.4 Å². The third-order valence-electron chi connectivity index (χ3n) is 3.42. The number of hydrogen-bond acceptors (Lipinski definition) is 6. The van der Waals surface area contributed by atoms with E-state index in [4.69, 9.17) is 5.84 Å². The van der Waals surface area contributed by atoms with Gasteiger partial charge in [0, 0.05) is 4.70 Å². The average Bonchev–Trinajstić information content (AvgIpc) is 3.11. The van der Waals surface area contributed by atoms with Crippen molar-refractivity contribution in [3.05, 3.63) is 45.8 Å². The van der Waals surface area contributed by atoms with E-state index in [2.05, 4.69) is 51.6 Å². The molecule has 0 saturated carbocycles. The molecule has 3 aromatic rings. The Morgan fingerprint density at radius 2 is 2.20 bits per heavy atom. The second-order valence-electron chi connectivity index (χ2n) is 4.62. The van der Waals surface area contributed by atoms with Gasteiger partial charge in [0.15, 0.2) is 0 Å². The monoisotopic (exact) mass is 304 g/mol. The smallest absolute Gasteiger partial charge is 0.0801 e. The standard InChI is InChI=1S/C14H16N4S2/c1-2-11-14(20-18-17-11)12(16-15)7-9-8-19-13-6-4-3-5-10(9)13/h3-6,8,12,16H,2,7,15H2,1H3. The minimum Gasteiger partial charge on any atom is -0.271 e. The van der Waals surface area contributed by atoms with E-state index in [0.29, 0.717) is 0 Å². The molecule has 0 aliphatic carbocycles. The van der Waals surface area contributed by atoms with Crippen LogP contribution in [-0.4, -0.2) is 9.59 Å². The first-order valence-electron chi connectivity index (χ1n) is 6.55. The number of hydrazine groups is 1. The molecular weight excluding hydrogens is 288 g/mol. The van der Waals surface area contributed by atoms with Crippen LogP contribution < -0.4 is 11.3 Å². The lowest BCUT2D eigenvalue weighted by molar-refractivity contribution is 0.557. The summed E-state index contributed by atoms with van der Waals surface area (Å²) in [5.41, 5.74) is 5.28. The molecule has 0 amide bonds. The van der Waals surface area contributed by atoms with E-state index < -0.39 is 0 Å². The molecule has 0 spiro atoms. The lowest BCUT2D eigenvalue weighted by Crippen LogP contribution is -2.29. The fourth-order valence-corrected chi connectivity index (χ4v) is 4.14. The minimum atomic E-state index is 0.0722. The Bertz CT molecular complexity index is 704. The molecule has 0 radical (unpaired) electrons. The van der Waals surface area contributed by atoms with Crippen molar-refractivity contribution in [3.63, 3.8) is 0 Å². The van der Waals surface area contributed by atoms with Crippen molar-refractivity contribution in [3.8, 4) is 0 Å². The average molecular weight is 304 g/mol. The first-order chi connectivity index (χ1) is 9.83. The van der Waals surface area contributed by atoms with Gasteiger partial charge in [-0.2, -0.15) is 0 Å². The number of thiophene rings is 1. The van der Waals surface area contributed by atoms with Gasteiger partial charge in [0.2, 0.25) is 0 Å². The molecule has 0 fully saturated rings. The molecule has 3 rings (SSSR count). The molecule has 0 saturated heterocycles. The zero-order valence-electron chi connectivity index (χ0n) is 11.2. The Hall–Kier alpha value is -1.34. The zero-order valence-corrected chi connectivity index (χ0v) is 12.8. The quantitative estimate of drug-likeness (QED) is 0.562. The van der Waals surface area contributed by atoms with Crippen LogP contribution in [0.5, 0.6) is 0 Å². The van der Waals surface area contributed by atoms with Gasteiger partial charge < -0.3 is 0 Å². The summed E-state index contributed by atoms with van der Waals surface area (Å²) in [4.78, 5) is 1.14. The van der Waals surface area contributed by atoms with Gasteiger partial charge in [-0.05, 0) is 46.8 Å². The summed E-state index contributed by atoms with van der Waals surface area (Å²) in [6.45, 7) is 2.09. The maximum absolute atomic E-state index is 5.75. The van der Waals surface area contributed by atoms with Crippen molar-refractivity contribution in [2.75, 3.05) is 0 Å². The molecule has 2 aromatic heterocycles. The Labute approximate surface area is 125 Å². The van der Waals surface area contributed by atoms with Gasteiger partial charge >= 0.3 is 0 Å². The van der Waals surface area contributed by atoms with E-state index >= 15 is 0 Å². The van der Waals surface area contributed by atoms with Crippen LogP contribution in [0.4, 0.5) is 0 Å². The summed E-state index contributed by atoms with van der Waals surface area (Å²) in [5.74, 6) is 5.75. The van der Waals surface area contributed by atoms with E-state index in [1.54, 1.807) is 11.3 Å². The predicted octanol–water partition coefficient (Wildman–Crippen LogP) is 3.06. The largest absolute Gasteiger partial charge is 0.271 e. The molecule has 0 bridgehead atoms. The molecule has 2 heterocycles. The molecule has 3 N–H and O–H groups in total. The third kappa shape index (κ3) is 2.47. The van der Waals surface area contributed by atoms with E-state index in [1.165, 1.54) is 27.2 Å². The fourth-order valence-electron chi connectivity index (χ4n) is 2.36. The number of fused-ring (bicyclic) bond motifs is 1. The Morgan fingerprint density at radius 3 is 3.00 bits per heavy atom. The summed E-state index contributed by atoms with van der Waals surface area (Å²) in [5, 5.41) is 7.70. The van der Waals surface area contributed by atoms with E-state index in [9.17, 15) is 0 Å². The fraction of sp³-hybridized carbons (Fsp3) is 0.286. The van der Waals surface area contributed by atoms with Crippen LogP contribution in [0.25, 0.3) is 10.1 Å². The lowest BCUT2D eigenvalue weighted by atomic mass is 10.0. The van der Waals surface area contributed by atoms with E-state index in [0.717, 1.165) is 23.4 Å². The number of nitrogens with zero attached hydrogens (tertiary/aromatic N) is 2. The van der Waals surface area contributed by atoms with E-state index in [1.807, 2.05) is 0 Å². The predicted molar refractivity (Wildman–Crippen MR) is 84.9 cm³/mol. The molecule has 1 aromatic carbocycles. The van der Waals surface area contributed by atoms with Crippen molar-refractivity contribution in [2.45, 2.75) is 25.8 Å². The van der Waals surface area contributed by atoms with Gasteiger partial charge in [-0.25, -0.2) is 0 Å². The van der Waals surface area contributed by atoms with Crippen molar-refractivity contribution in [1.82, 2.24) is 15.0 Å². The number of benzene rings is 1. The maximum atomic E-state index is 5.75. The minimum absolute atomic E-state index is 0.0722. The van der Waals surface area contributed by atoms with Crippen LogP contribution in [0.3, 0.4) is 0 Å². The number of rotatable bonds is 5. The lowest BCUT2D eigenvalue weighted by Gasteiger charge is -2.14. The Morgan fingerprint density at radius 1 is 1.35 bits per heavy atom. The highest BCUT2D eigenvalue weighted by Gasteiger charge is 2.19. The van der Waals surface area contributed by atoms with Crippen LogP contribution in [0.2, 0.25) is 0 Å². The molecular formula is C14H16N4S2. The number of hydrogen-bond donors (Lipinski definition) is 2. The normalized spacial score (nSPS) is 12.9. The van der Waals surface area contributed by atoms with Crippen LogP contribution >= 0.6 is 22.9 Å². The van der Waals surface area contributed by atoms with Gasteiger partial charge in [-0.1, -0.05) is 29.6 Å². The summed E-state index contributed by atoms with van der Waals surface area (Å²) in [6.07, 6.45) is 1.74. The first-order valence-corrected chi connectivity index (χ1v) is 8.21. The van der Waals surface area contributed by atoms with Gasteiger partial charge in [0.1, 0.15) is 0 Å². The Balaban J connectivity index is 1.92. The number of nitrogens with one attached hydrogen (secondary N) is 1. The van der Waals surface area contributed by atoms with Crippen molar-refractivity contribution in [2.24, 2.45) is 5.84 Å².